The number of aryl methyl sites for hydroxylation is 4. The van der Waals surface area contributed by atoms with Crippen LogP contribution in [-0.2, 0) is 25.7 Å². The van der Waals surface area contributed by atoms with Gasteiger partial charge in [0.05, 0.1) is 0 Å². The van der Waals surface area contributed by atoms with Gasteiger partial charge in [0.2, 0.25) is 0 Å². The highest BCUT2D eigenvalue weighted by molar-refractivity contribution is 7.17. The summed E-state index contributed by atoms with van der Waals surface area (Å²) in [5.41, 5.74) is 5.70. The fourth-order valence-corrected chi connectivity index (χ4v) is 15.5. The second-order valence-corrected chi connectivity index (χ2v) is 25.6. The Morgan fingerprint density at radius 2 is 0.429 bits per heavy atom. The van der Waals surface area contributed by atoms with Gasteiger partial charge in [-0.3, -0.25) is 0 Å². The molecular formula is C66H82S4. The average Bonchev–Trinajstić information content (AvgIpc) is 4.23. The summed E-state index contributed by atoms with van der Waals surface area (Å²) in [6.45, 7) is 9.25. The minimum absolute atomic E-state index is 1.20. The summed E-state index contributed by atoms with van der Waals surface area (Å²) >= 11 is 8.18. The molecule has 0 aliphatic heterocycles. The largest absolute Gasteiger partial charge is 0.140 e. The van der Waals surface area contributed by atoms with Crippen LogP contribution >= 0.6 is 45.3 Å². The average molecular weight is 1000 g/mol. The minimum Gasteiger partial charge on any atom is -0.140 e. The fraction of sp³-hybridized carbons (Fsp3) is 0.485. The van der Waals surface area contributed by atoms with Gasteiger partial charge in [0, 0.05) is 61.3 Å². The second kappa shape index (κ2) is 25.9. The van der Waals surface area contributed by atoms with E-state index in [4.69, 9.17) is 0 Å². The molecule has 0 fully saturated rings. The SMILES string of the molecule is CCCCCCCCc1ccc(-c2cc3c(cc2-c2ccc(CCCCCCCC)s2)c2cc4c5cc(-c6ccc(CCCCCCCC)s6)c(-c6ccc(CCCCCCCC)s6)cc5c4cc32)s1. The lowest BCUT2D eigenvalue weighted by Crippen LogP contribution is -1.93. The van der Waals surface area contributed by atoms with Gasteiger partial charge >= 0.3 is 0 Å². The van der Waals surface area contributed by atoms with Gasteiger partial charge < -0.3 is 0 Å². The van der Waals surface area contributed by atoms with Crippen LogP contribution in [0.4, 0.5) is 0 Å². The van der Waals surface area contributed by atoms with E-state index in [9.17, 15) is 0 Å². The predicted octanol–water partition coefficient (Wildman–Crippen LogP) is 23.7. The van der Waals surface area contributed by atoms with Gasteiger partial charge in [0.1, 0.15) is 0 Å². The van der Waals surface area contributed by atoms with Crippen LogP contribution in [0.15, 0.2) is 84.9 Å². The predicted molar refractivity (Wildman–Crippen MR) is 320 cm³/mol. The van der Waals surface area contributed by atoms with Crippen molar-refractivity contribution in [2.75, 3.05) is 0 Å². The molecule has 370 valence electrons. The number of hydrogen-bond acceptors (Lipinski definition) is 4. The Bertz CT molecular complexity index is 2570. The first-order valence-corrected chi connectivity index (χ1v) is 31.7. The molecule has 70 heavy (non-hydrogen) atoms. The zero-order valence-corrected chi connectivity index (χ0v) is 46.8. The molecule has 0 atom stereocenters. The Hall–Kier alpha value is -3.54. The molecule has 9 aromatic rings. The zero-order chi connectivity index (χ0) is 48.1. The van der Waals surface area contributed by atoms with E-state index in [2.05, 4.69) is 113 Å². The lowest BCUT2D eigenvalue weighted by molar-refractivity contribution is 0.609. The van der Waals surface area contributed by atoms with Crippen molar-refractivity contribution in [1.29, 1.82) is 0 Å². The molecule has 4 heteroatoms. The van der Waals surface area contributed by atoms with Gasteiger partial charge in [0.15, 0.2) is 0 Å². The van der Waals surface area contributed by atoms with E-state index in [1.165, 1.54) is 265 Å². The molecule has 0 spiro atoms. The van der Waals surface area contributed by atoms with Crippen LogP contribution in [0.3, 0.4) is 0 Å². The summed E-state index contributed by atoms with van der Waals surface area (Å²) in [7, 11) is 0. The van der Waals surface area contributed by atoms with E-state index in [-0.39, 0.29) is 0 Å². The first kappa shape index (κ1) is 51.4. The zero-order valence-electron chi connectivity index (χ0n) is 43.5. The Balaban J connectivity index is 1.05. The lowest BCUT2D eigenvalue weighted by atomic mass is 9.83. The molecule has 0 saturated heterocycles. The van der Waals surface area contributed by atoms with E-state index in [0.29, 0.717) is 0 Å². The molecule has 0 saturated carbocycles. The van der Waals surface area contributed by atoms with Crippen LogP contribution in [0.25, 0.3) is 84.9 Å². The van der Waals surface area contributed by atoms with Crippen LogP contribution in [-0.4, -0.2) is 0 Å². The maximum Gasteiger partial charge on any atom is 0.0352 e. The number of thiophene rings is 4. The van der Waals surface area contributed by atoms with E-state index in [0.717, 1.165) is 0 Å². The van der Waals surface area contributed by atoms with Crippen LogP contribution in [0, 0.1) is 0 Å². The number of rotatable bonds is 32. The molecule has 0 unspecified atom stereocenters. The highest BCUT2D eigenvalue weighted by Gasteiger charge is 2.23. The lowest BCUT2D eigenvalue weighted by Gasteiger charge is -2.21. The quantitative estimate of drug-likeness (QED) is 0.0369. The molecule has 0 amide bonds. The molecule has 0 aliphatic carbocycles. The van der Waals surface area contributed by atoms with Crippen molar-refractivity contribution in [3.8, 4) is 41.8 Å². The first-order chi connectivity index (χ1) is 34.6. The third kappa shape index (κ3) is 12.4. The first-order valence-electron chi connectivity index (χ1n) is 28.5. The molecule has 0 N–H and O–H groups in total. The molecule has 0 aliphatic rings. The summed E-state index contributed by atoms with van der Waals surface area (Å²) in [5.74, 6) is 0. The Kier molecular flexibility index (Phi) is 19.0. The van der Waals surface area contributed by atoms with Gasteiger partial charge in [-0.1, -0.05) is 156 Å². The number of benzene rings is 3. The molecule has 0 radical (unpaired) electrons. The number of fused-ring (bicyclic) bond motifs is 8. The van der Waals surface area contributed by atoms with Gasteiger partial charge in [-0.05, 0) is 179 Å². The minimum atomic E-state index is 1.20. The van der Waals surface area contributed by atoms with E-state index < -0.39 is 0 Å². The van der Waals surface area contributed by atoms with Crippen LogP contribution in [0.2, 0.25) is 0 Å². The summed E-state index contributed by atoms with van der Waals surface area (Å²) in [4.78, 5) is 11.9. The summed E-state index contributed by atoms with van der Waals surface area (Å²) in [5, 5.41) is 11.5. The second-order valence-electron chi connectivity index (χ2n) is 21.0. The third-order valence-corrected chi connectivity index (χ3v) is 20.2. The normalized spacial score (nSPS) is 12.2. The van der Waals surface area contributed by atoms with Crippen molar-refractivity contribution in [2.24, 2.45) is 0 Å². The van der Waals surface area contributed by atoms with Crippen molar-refractivity contribution in [3.63, 3.8) is 0 Å². The standard InChI is InChI=1S/C66H82S4/c1-5-9-13-17-21-25-29-47-33-37-63(67-47)59-43-55-51-41-53-54(42-52(51)56(55)44-60(59)64-38-34-48(68-64)30-26-22-18-14-10-6-2)58-46-62(66-40-36-50(70-66)32-28-24-20-16-12-8-4)61(45-57(53)58)65-39-35-49(69-65)31-27-23-19-15-11-7-3/h33-46H,5-32H2,1-4H3. The summed E-state index contributed by atoms with van der Waals surface area (Å²) in [6.07, 6.45) is 37.2. The Morgan fingerprint density at radius 1 is 0.229 bits per heavy atom. The molecule has 5 aromatic carbocycles. The van der Waals surface area contributed by atoms with Crippen molar-refractivity contribution in [3.05, 3.63) is 104 Å². The van der Waals surface area contributed by atoms with Gasteiger partial charge in [-0.15, -0.1) is 45.3 Å². The Labute approximate surface area is 439 Å². The highest BCUT2D eigenvalue weighted by Crippen LogP contribution is 2.51. The Morgan fingerprint density at radius 3 is 0.657 bits per heavy atom. The topological polar surface area (TPSA) is 0 Å². The molecule has 0 nitrogen and oxygen atoms in total. The summed E-state index contributed by atoms with van der Waals surface area (Å²) < 4.78 is 0. The van der Waals surface area contributed by atoms with Gasteiger partial charge in [-0.25, -0.2) is 0 Å². The molecule has 4 aromatic heterocycles. The third-order valence-electron chi connectivity index (χ3n) is 15.4. The van der Waals surface area contributed by atoms with Crippen molar-refractivity contribution in [2.45, 2.75) is 207 Å². The molecule has 9 rings (SSSR count). The molecule has 0 bridgehead atoms. The maximum absolute atomic E-state index is 2.58. The molecular weight excluding hydrogens is 921 g/mol. The van der Waals surface area contributed by atoms with E-state index in [1.807, 2.05) is 45.3 Å². The van der Waals surface area contributed by atoms with Crippen LogP contribution in [0.5, 0.6) is 0 Å². The maximum atomic E-state index is 2.58. The van der Waals surface area contributed by atoms with E-state index >= 15 is 0 Å². The number of hydrogen-bond donors (Lipinski definition) is 0. The summed E-state index contributed by atoms with van der Waals surface area (Å²) in [6, 6.07) is 34.9. The van der Waals surface area contributed by atoms with E-state index in [1.54, 1.807) is 19.5 Å². The van der Waals surface area contributed by atoms with Gasteiger partial charge in [-0.2, -0.15) is 0 Å². The molecule has 4 heterocycles. The van der Waals surface area contributed by atoms with Gasteiger partial charge in [0.25, 0.3) is 0 Å². The van der Waals surface area contributed by atoms with Crippen molar-refractivity contribution < 1.29 is 0 Å². The van der Waals surface area contributed by atoms with Crippen molar-refractivity contribution >= 4 is 88.4 Å². The van der Waals surface area contributed by atoms with Crippen molar-refractivity contribution in [1.82, 2.24) is 0 Å². The highest BCUT2D eigenvalue weighted by atomic mass is 32.1. The monoisotopic (exact) mass is 1000 g/mol. The van der Waals surface area contributed by atoms with Crippen LogP contribution < -0.4 is 0 Å². The smallest absolute Gasteiger partial charge is 0.0352 e. The van der Waals surface area contributed by atoms with Crippen LogP contribution in [0.1, 0.15) is 201 Å². The fourth-order valence-electron chi connectivity index (χ4n) is 11.2. The number of unbranched alkanes of at least 4 members (excludes halogenated alkanes) is 20.